The lowest BCUT2D eigenvalue weighted by Crippen LogP contribution is -2.35. The van der Waals surface area contributed by atoms with Gasteiger partial charge in [-0.05, 0) is 110 Å². The first kappa shape index (κ1) is 80.0. The van der Waals surface area contributed by atoms with Crippen molar-refractivity contribution in [2.24, 2.45) is 51.8 Å². The molecule has 4 unspecified atom stereocenters. The molecule has 0 spiro atoms. The van der Waals surface area contributed by atoms with Gasteiger partial charge in [0.05, 0.1) is 57.9 Å². The van der Waals surface area contributed by atoms with E-state index in [9.17, 15) is 75.3 Å². The van der Waals surface area contributed by atoms with Crippen LogP contribution < -0.4 is 10.9 Å². The number of azo groups is 4. The number of amides is 1. The van der Waals surface area contributed by atoms with Crippen LogP contribution in [0.5, 0.6) is 0 Å². The van der Waals surface area contributed by atoms with E-state index in [-0.39, 0.29) is 82.3 Å². The maximum absolute atomic E-state index is 13.1. The number of ether oxygens (including phenoxy) is 1. The van der Waals surface area contributed by atoms with Crippen molar-refractivity contribution in [3.8, 4) is 18.2 Å². The van der Waals surface area contributed by atoms with Crippen LogP contribution in [0.3, 0.4) is 0 Å². The van der Waals surface area contributed by atoms with E-state index in [1.165, 1.54) is 136 Å². The van der Waals surface area contributed by atoms with Gasteiger partial charge in [-0.15, -0.1) is 20.5 Å². The molecule has 0 saturated heterocycles. The number of nitrogens with two attached hydrogens (primary N) is 2. The Balaban J connectivity index is 0.000000183. The molecular formula is C68H48F3N21O12S4. The molecule has 0 bridgehead atoms. The summed E-state index contributed by atoms with van der Waals surface area (Å²) in [5.41, 5.74) is 6.52. The molecule has 0 aliphatic heterocycles. The Bertz CT molecular complexity index is 5770. The largest absolute Gasteiger partial charge is 0.465 e. The molecule has 11 rings (SSSR count). The summed E-state index contributed by atoms with van der Waals surface area (Å²) in [6.45, 7) is 5.60. The third-order valence-corrected chi connectivity index (χ3v) is 17.3. The van der Waals surface area contributed by atoms with Crippen molar-refractivity contribution in [3.05, 3.63) is 208 Å². The summed E-state index contributed by atoms with van der Waals surface area (Å²) in [5.74, 6) is -7.20. The van der Waals surface area contributed by atoms with Crippen molar-refractivity contribution >= 4 is 151 Å². The van der Waals surface area contributed by atoms with Gasteiger partial charge in [0, 0.05) is 76.2 Å². The molecule has 11 aromatic rings. The van der Waals surface area contributed by atoms with Crippen LogP contribution in [0.15, 0.2) is 198 Å². The predicted octanol–water partition coefficient (Wildman–Crippen LogP) is 12.3. The van der Waals surface area contributed by atoms with Crippen molar-refractivity contribution in [1.29, 1.82) is 15.8 Å². The number of nitrogens with zero attached hydrogens (tertiary/aromatic N) is 19. The van der Waals surface area contributed by atoms with E-state index >= 15 is 0 Å². The maximum atomic E-state index is 13.1. The summed E-state index contributed by atoms with van der Waals surface area (Å²) in [4.78, 5) is 127. The maximum Gasteiger partial charge on any atom is 0.451 e. The second kappa shape index (κ2) is 36.1. The fourth-order valence-electron chi connectivity index (χ4n) is 9.13. The van der Waals surface area contributed by atoms with Crippen LogP contribution in [0, 0.1) is 40.9 Å². The van der Waals surface area contributed by atoms with Gasteiger partial charge in [-0.3, -0.25) is 48.3 Å². The number of alkyl halides is 3. The zero-order valence-electron chi connectivity index (χ0n) is 56.1. The zero-order chi connectivity index (χ0) is 78.6. The highest BCUT2D eigenvalue weighted by molar-refractivity contribution is 7.89. The molecule has 33 nitrogen and oxygen atoms in total. The third-order valence-electron chi connectivity index (χ3n) is 14.1. The predicted molar refractivity (Wildman–Crippen MR) is 379 cm³/mol. The monoisotopic (exact) mass is 1540 g/mol. The Labute approximate surface area is 618 Å². The highest BCUT2D eigenvalue weighted by atomic mass is 32.2. The average molecular weight is 1540 g/mol. The van der Waals surface area contributed by atoms with E-state index in [0.29, 0.717) is 21.7 Å². The van der Waals surface area contributed by atoms with Gasteiger partial charge in [0.25, 0.3) is 5.91 Å². The quantitative estimate of drug-likeness (QED) is 0.0275. The van der Waals surface area contributed by atoms with Crippen molar-refractivity contribution in [1.82, 2.24) is 38.0 Å². The number of aryl methyl sites for hydroxylation is 1. The first-order valence-corrected chi connectivity index (χ1v) is 34.2. The SMILES string of the molecule is CC(=O)c1ccccc1C(=O)C(C#N)N=Nc1nc(C)ns1.CC(=O)c1ncccc1C(=O)C(C#N)N=Nc1snc2ccccc12.CC(=O)c1ncccc1C(=O)C(N=Nc1snc2ccc(S(N)(=O)=O)cc12)C(N)=O.COC(=O)c1ccccc1C(=O)C(C#N)N=Nc1nc(C(F)(F)F)nc2ccccc12. The lowest BCUT2D eigenvalue weighted by atomic mass is 9.97. The minimum absolute atomic E-state index is 0.0196. The lowest BCUT2D eigenvalue weighted by Gasteiger charge is -2.09. The number of hydrogen-bond donors (Lipinski definition) is 2. The molecule has 0 aliphatic rings. The van der Waals surface area contributed by atoms with E-state index < -0.39 is 92.8 Å². The van der Waals surface area contributed by atoms with Crippen LogP contribution in [0.4, 0.5) is 34.1 Å². The van der Waals surface area contributed by atoms with Crippen molar-refractivity contribution < 1.29 is 69.5 Å². The Morgan fingerprint density at radius 1 is 0.509 bits per heavy atom. The zero-order valence-corrected chi connectivity index (χ0v) is 59.3. The lowest BCUT2D eigenvalue weighted by molar-refractivity contribution is -0.144. The number of pyridine rings is 2. The van der Waals surface area contributed by atoms with Crippen LogP contribution in [-0.4, -0.2) is 130 Å². The summed E-state index contributed by atoms with van der Waals surface area (Å²) in [6, 6.07) is 33.9. The van der Waals surface area contributed by atoms with Gasteiger partial charge in [-0.1, -0.05) is 66.7 Å². The van der Waals surface area contributed by atoms with Crippen molar-refractivity contribution in [2.75, 3.05) is 7.11 Å². The second-order valence-electron chi connectivity index (χ2n) is 21.5. The summed E-state index contributed by atoms with van der Waals surface area (Å²) >= 11 is 3.03. The van der Waals surface area contributed by atoms with E-state index in [0.717, 1.165) is 52.6 Å². The minimum Gasteiger partial charge on any atom is -0.465 e. The molecule has 40 heteroatoms. The number of methoxy groups -OCH3 is 1. The van der Waals surface area contributed by atoms with Crippen LogP contribution in [0.25, 0.3) is 32.7 Å². The molecule has 0 aliphatic carbocycles. The summed E-state index contributed by atoms with van der Waals surface area (Å²) in [6.07, 6.45) is -2.08. The number of para-hydroxylation sites is 1. The molecule has 6 heterocycles. The van der Waals surface area contributed by atoms with Crippen molar-refractivity contribution in [3.63, 3.8) is 0 Å². The number of rotatable bonds is 22. The van der Waals surface area contributed by atoms with Gasteiger partial charge in [0.2, 0.25) is 68.3 Å². The van der Waals surface area contributed by atoms with Gasteiger partial charge >= 0.3 is 12.1 Å². The molecule has 0 saturated carbocycles. The fourth-order valence-corrected chi connectivity index (χ4v) is 11.6. The molecule has 0 fully saturated rings. The summed E-state index contributed by atoms with van der Waals surface area (Å²) < 4.78 is 79.3. The number of ketones is 7. The smallest absolute Gasteiger partial charge is 0.451 e. The van der Waals surface area contributed by atoms with E-state index in [4.69, 9.17) is 16.1 Å². The number of Topliss-reactive ketones (excluding diaryl/α,β-unsaturated/α-hetero) is 7. The molecule has 108 heavy (non-hydrogen) atoms. The summed E-state index contributed by atoms with van der Waals surface area (Å²) in [7, 11) is -2.83. The van der Waals surface area contributed by atoms with Gasteiger partial charge < -0.3 is 10.5 Å². The highest BCUT2D eigenvalue weighted by Gasteiger charge is 2.36. The van der Waals surface area contributed by atoms with Crippen LogP contribution >= 0.6 is 34.6 Å². The molecule has 4 N–H and O–H groups in total. The molecular weight excluding hydrogens is 1490 g/mol. The topological polar surface area (TPSA) is 522 Å². The number of sulfonamides is 1. The van der Waals surface area contributed by atoms with Gasteiger partial charge in [-0.2, -0.15) is 62.5 Å². The number of primary sulfonamides is 1. The summed E-state index contributed by atoms with van der Waals surface area (Å²) in [5, 5.41) is 65.3. The van der Waals surface area contributed by atoms with E-state index in [1.54, 1.807) is 31.2 Å². The standard InChI is InChI=1S/C20H12F3N5O3.C17H14N6O5S2.C17H11N5O2S.C14H11N5O2S/c1-31-18(30)12-7-3-2-6-11(12)16(29)15(10-24)27-28-17-13-8-4-5-9-14(13)25-19(26-17)20(21,22)23;1-8(24)13-10(3-2-6-20-13)15(25)14(16(18)26)21-22-17-11-7-9(30(19,27)28)4-5-12(11)23-29-17;1-10(23)15-12(6-4-8-19-15)16(24)14(9-18)20-21-17-11-5-2-3-7-13(11)22-25-17;1-8(20)10-5-3-4-6-11(10)13(21)12(7-15)17-18-14-16-9(2)19-22-14/h2-9,15H,1H3;2-7,14H,1H3,(H2,18,26)(H2,19,27,28);2-8,14H,1H3;3-6,12H,1-2H3. The first-order valence-electron chi connectivity index (χ1n) is 30.4. The molecule has 4 atom stereocenters. The van der Waals surface area contributed by atoms with Gasteiger partial charge in [0.1, 0.15) is 17.2 Å². The number of benzene rings is 5. The Kier molecular flexibility index (Phi) is 26.8. The Hall–Kier alpha value is -13.7. The van der Waals surface area contributed by atoms with Gasteiger partial charge in [0.15, 0.2) is 33.2 Å². The Morgan fingerprint density at radius 2 is 0.972 bits per heavy atom. The molecule has 6 aromatic heterocycles. The number of nitriles is 3. The second-order valence-corrected chi connectivity index (χ2v) is 25.3. The number of fused-ring (bicyclic) bond motifs is 3. The number of halogens is 3. The highest BCUT2D eigenvalue weighted by Crippen LogP contribution is 2.35. The number of hydrogen-bond acceptors (Lipinski definition) is 34. The van der Waals surface area contributed by atoms with Crippen LogP contribution in [0.2, 0.25) is 0 Å². The van der Waals surface area contributed by atoms with Gasteiger partial charge in [-0.25, -0.2) is 33.3 Å². The van der Waals surface area contributed by atoms with E-state index in [1.807, 2.05) is 30.3 Å². The number of carbonyl (C=O) groups is 9. The fraction of sp³-hybridized carbons (Fsp3) is 0.147. The average Bonchev–Trinajstić information content (AvgIpc) is 1.46. The van der Waals surface area contributed by atoms with Crippen LogP contribution in [-0.2, 0) is 25.7 Å². The normalized spacial score (nSPS) is 12.4. The number of primary amides is 1. The Morgan fingerprint density at radius 3 is 1.49 bits per heavy atom. The van der Waals surface area contributed by atoms with Crippen molar-refractivity contribution in [2.45, 2.75) is 62.9 Å². The third kappa shape index (κ3) is 20.0. The minimum atomic E-state index is -4.84. The molecule has 0 radical (unpaired) electrons. The number of esters is 1. The number of carbonyl (C=O) groups excluding carboxylic acids is 9. The molecule has 5 aromatic carbocycles. The van der Waals surface area contributed by atoms with E-state index in [2.05, 4.69) is 83.7 Å². The molecule has 542 valence electrons. The number of aromatic nitrogens is 8. The first-order chi connectivity index (χ1) is 51.5. The van der Waals surface area contributed by atoms with Crippen LogP contribution in [0.1, 0.15) is 116 Å². The molecule has 1 amide bonds.